The van der Waals surface area contributed by atoms with Gasteiger partial charge in [-0.3, -0.25) is 9.69 Å². The molecule has 0 atom stereocenters. The van der Waals surface area contributed by atoms with Crippen LogP contribution in [0.25, 0.3) is 27.5 Å². The molecule has 0 saturated carbocycles. The first-order chi connectivity index (χ1) is 13.8. The molecule has 6 nitrogen and oxygen atoms in total. The number of aromatic nitrogens is 3. The first-order valence-corrected chi connectivity index (χ1v) is 10.00. The number of aromatic amines is 1. The highest BCUT2D eigenvalue weighted by atomic mass is 32.1. The zero-order valence-corrected chi connectivity index (χ0v) is 16.0. The molecule has 1 aliphatic rings. The van der Waals surface area contributed by atoms with Crippen molar-refractivity contribution in [2.75, 3.05) is 25.0 Å². The molecule has 0 saturated heterocycles. The van der Waals surface area contributed by atoms with Crippen LogP contribution < -0.4 is 5.32 Å². The number of fused-ring (bicyclic) bond motifs is 2. The number of hydrogen-bond donors (Lipinski definition) is 2. The quantitative estimate of drug-likeness (QED) is 0.555. The van der Waals surface area contributed by atoms with E-state index in [9.17, 15) is 4.79 Å². The number of para-hydroxylation sites is 1. The molecule has 0 aliphatic carbocycles. The van der Waals surface area contributed by atoms with E-state index >= 15 is 0 Å². The second-order valence-corrected chi connectivity index (χ2v) is 7.48. The molecule has 7 heteroatoms. The number of benzene rings is 2. The van der Waals surface area contributed by atoms with E-state index < -0.39 is 0 Å². The number of anilines is 1. The summed E-state index contributed by atoms with van der Waals surface area (Å²) in [5, 5.41) is 4.23. The number of amides is 1. The summed E-state index contributed by atoms with van der Waals surface area (Å²) in [7, 11) is 0. The number of rotatable bonds is 4. The zero-order chi connectivity index (χ0) is 18.9. The van der Waals surface area contributed by atoms with Gasteiger partial charge in [-0.05, 0) is 30.2 Å². The van der Waals surface area contributed by atoms with E-state index in [4.69, 9.17) is 0 Å². The number of carbonyl (C=O) groups excluding carboxylic acids is 1. The van der Waals surface area contributed by atoms with Gasteiger partial charge in [0.1, 0.15) is 11.0 Å². The number of nitrogens with zero attached hydrogens (tertiary/aromatic N) is 3. The number of H-pyrrole nitrogens is 1. The van der Waals surface area contributed by atoms with Gasteiger partial charge in [0, 0.05) is 35.8 Å². The third-order valence-corrected chi connectivity index (χ3v) is 5.70. The Hall–Kier alpha value is -3.03. The van der Waals surface area contributed by atoms with E-state index in [0.717, 1.165) is 53.5 Å². The number of nitrogens with one attached hydrogen (secondary N) is 2. The van der Waals surface area contributed by atoms with Crippen LogP contribution in [0.3, 0.4) is 0 Å². The van der Waals surface area contributed by atoms with E-state index in [1.54, 1.807) is 0 Å². The first-order valence-electron chi connectivity index (χ1n) is 9.27. The Labute approximate surface area is 166 Å². The summed E-state index contributed by atoms with van der Waals surface area (Å²) in [6, 6.07) is 14.0. The third kappa shape index (κ3) is 3.19. The summed E-state index contributed by atoms with van der Waals surface area (Å²) in [4.78, 5) is 18.0. The fourth-order valence-electron chi connectivity index (χ4n) is 3.74. The van der Waals surface area contributed by atoms with Gasteiger partial charge in [0.25, 0.3) is 0 Å². The standard InChI is InChI=1S/C21H19N5OS/c27-20(23-18-6-3-7-19-21(18)25-28-24-19)13-26-10-8-14(9-11-26)16-12-22-17-5-2-1-4-15(16)17/h1-8,12,22H,9-11,13H2,(H,23,27). The maximum atomic E-state index is 12.5. The maximum absolute atomic E-state index is 12.5. The van der Waals surface area contributed by atoms with Crippen LogP contribution in [0.5, 0.6) is 0 Å². The van der Waals surface area contributed by atoms with Crippen molar-refractivity contribution in [2.45, 2.75) is 6.42 Å². The van der Waals surface area contributed by atoms with Gasteiger partial charge >= 0.3 is 0 Å². The van der Waals surface area contributed by atoms with Gasteiger partial charge in [0.15, 0.2) is 0 Å². The van der Waals surface area contributed by atoms with Gasteiger partial charge in [0.05, 0.1) is 24.0 Å². The molecule has 3 heterocycles. The number of carbonyl (C=O) groups is 1. The Morgan fingerprint density at radius 2 is 2.11 bits per heavy atom. The van der Waals surface area contributed by atoms with Crippen LogP contribution in [0.2, 0.25) is 0 Å². The molecule has 2 N–H and O–H groups in total. The lowest BCUT2D eigenvalue weighted by atomic mass is 9.99. The minimum Gasteiger partial charge on any atom is -0.361 e. The van der Waals surface area contributed by atoms with Crippen LogP contribution in [0, 0.1) is 0 Å². The Kier molecular flexibility index (Phi) is 4.38. The van der Waals surface area contributed by atoms with Gasteiger partial charge in [-0.2, -0.15) is 8.75 Å². The Morgan fingerprint density at radius 1 is 1.18 bits per heavy atom. The lowest BCUT2D eigenvalue weighted by molar-refractivity contribution is -0.117. The van der Waals surface area contributed by atoms with Gasteiger partial charge in [-0.1, -0.05) is 30.3 Å². The Balaban J connectivity index is 1.25. The van der Waals surface area contributed by atoms with Crippen molar-refractivity contribution < 1.29 is 4.79 Å². The molecule has 1 aliphatic heterocycles. The highest BCUT2D eigenvalue weighted by molar-refractivity contribution is 7.00. The lowest BCUT2D eigenvalue weighted by Crippen LogP contribution is -2.36. The van der Waals surface area contributed by atoms with Crippen LogP contribution in [0.1, 0.15) is 12.0 Å². The monoisotopic (exact) mass is 389 g/mol. The molecule has 0 unspecified atom stereocenters. The smallest absolute Gasteiger partial charge is 0.238 e. The molecule has 0 radical (unpaired) electrons. The Bertz CT molecular complexity index is 1190. The van der Waals surface area contributed by atoms with Crippen LogP contribution in [-0.2, 0) is 4.79 Å². The first kappa shape index (κ1) is 17.1. The minimum atomic E-state index is -0.0237. The van der Waals surface area contributed by atoms with Crippen molar-refractivity contribution >= 4 is 50.8 Å². The van der Waals surface area contributed by atoms with E-state index in [2.05, 4.69) is 54.4 Å². The van der Waals surface area contributed by atoms with E-state index in [0.29, 0.717) is 6.54 Å². The largest absolute Gasteiger partial charge is 0.361 e. The van der Waals surface area contributed by atoms with Gasteiger partial charge in [-0.25, -0.2) is 0 Å². The minimum absolute atomic E-state index is 0.0237. The number of hydrogen-bond acceptors (Lipinski definition) is 5. The van der Waals surface area contributed by atoms with Crippen LogP contribution >= 0.6 is 11.7 Å². The fraction of sp³-hybridized carbons (Fsp3) is 0.190. The van der Waals surface area contributed by atoms with E-state index in [-0.39, 0.29) is 5.91 Å². The molecule has 0 spiro atoms. The molecule has 1 amide bonds. The molecule has 0 fully saturated rings. The molecule has 2 aromatic carbocycles. The van der Waals surface area contributed by atoms with Crippen molar-refractivity contribution in [2.24, 2.45) is 0 Å². The molecular weight excluding hydrogens is 370 g/mol. The molecule has 140 valence electrons. The van der Waals surface area contributed by atoms with Crippen molar-refractivity contribution in [3.05, 3.63) is 60.3 Å². The summed E-state index contributed by atoms with van der Waals surface area (Å²) in [5.41, 5.74) is 6.05. The van der Waals surface area contributed by atoms with Gasteiger partial charge < -0.3 is 10.3 Å². The molecular formula is C21H19N5OS. The summed E-state index contributed by atoms with van der Waals surface area (Å²) in [6.45, 7) is 2.00. The van der Waals surface area contributed by atoms with Crippen LogP contribution in [0.15, 0.2) is 54.7 Å². The normalized spacial score (nSPS) is 15.1. The second-order valence-electron chi connectivity index (χ2n) is 6.95. The molecule has 2 aromatic heterocycles. The topological polar surface area (TPSA) is 73.9 Å². The predicted molar refractivity (Wildman–Crippen MR) is 113 cm³/mol. The summed E-state index contributed by atoms with van der Waals surface area (Å²) in [6.07, 6.45) is 5.25. The summed E-state index contributed by atoms with van der Waals surface area (Å²) >= 11 is 1.16. The summed E-state index contributed by atoms with van der Waals surface area (Å²) in [5.74, 6) is -0.0237. The van der Waals surface area contributed by atoms with Crippen LogP contribution in [-0.4, -0.2) is 44.2 Å². The van der Waals surface area contributed by atoms with Crippen molar-refractivity contribution in [1.82, 2.24) is 18.6 Å². The van der Waals surface area contributed by atoms with E-state index in [1.807, 2.05) is 24.3 Å². The van der Waals surface area contributed by atoms with E-state index in [1.165, 1.54) is 16.5 Å². The highest BCUT2D eigenvalue weighted by Gasteiger charge is 2.18. The van der Waals surface area contributed by atoms with Crippen LogP contribution in [0.4, 0.5) is 5.69 Å². The van der Waals surface area contributed by atoms with Crippen molar-refractivity contribution in [1.29, 1.82) is 0 Å². The molecule has 5 rings (SSSR count). The molecule has 0 bridgehead atoms. The third-order valence-electron chi connectivity index (χ3n) is 5.16. The zero-order valence-electron chi connectivity index (χ0n) is 15.2. The highest BCUT2D eigenvalue weighted by Crippen LogP contribution is 2.29. The maximum Gasteiger partial charge on any atom is 0.238 e. The average Bonchev–Trinajstić information content (AvgIpc) is 3.36. The summed E-state index contributed by atoms with van der Waals surface area (Å²) < 4.78 is 8.49. The van der Waals surface area contributed by atoms with Crippen molar-refractivity contribution in [3.63, 3.8) is 0 Å². The predicted octanol–water partition coefficient (Wildman–Crippen LogP) is 3.90. The SMILES string of the molecule is O=C(CN1CC=C(c2c[nH]c3ccccc23)CC1)Nc1cccc2nsnc12. The molecule has 28 heavy (non-hydrogen) atoms. The second kappa shape index (κ2) is 7.18. The average molecular weight is 389 g/mol. The van der Waals surface area contributed by atoms with Gasteiger partial charge in [-0.15, -0.1) is 0 Å². The molecule has 4 aromatic rings. The fourth-order valence-corrected chi connectivity index (χ4v) is 4.29. The van der Waals surface area contributed by atoms with Crippen molar-refractivity contribution in [3.8, 4) is 0 Å². The lowest BCUT2D eigenvalue weighted by Gasteiger charge is -2.25. The Morgan fingerprint density at radius 3 is 3.00 bits per heavy atom. The van der Waals surface area contributed by atoms with Gasteiger partial charge in [0.2, 0.25) is 5.91 Å².